The van der Waals surface area contributed by atoms with Crippen LogP contribution in [0.4, 0.5) is 0 Å². The van der Waals surface area contributed by atoms with Crippen LogP contribution in [0.2, 0.25) is 0 Å². The molecule has 0 unspecified atom stereocenters. The van der Waals surface area contributed by atoms with E-state index in [1.807, 2.05) is 0 Å². The molecule has 0 aliphatic carbocycles. The Balaban J connectivity index is 2.02. The summed E-state index contributed by atoms with van der Waals surface area (Å²) in [4.78, 5) is 4.61. The van der Waals surface area contributed by atoms with Crippen LogP contribution in [-0.2, 0) is 16.0 Å². The lowest BCUT2D eigenvalue weighted by molar-refractivity contribution is 0.0853. The lowest BCUT2D eigenvalue weighted by atomic mass is 9.90. The van der Waals surface area contributed by atoms with Crippen molar-refractivity contribution in [3.05, 3.63) is 35.4 Å². The van der Waals surface area contributed by atoms with Crippen LogP contribution in [0.25, 0.3) is 0 Å². The molecule has 1 aliphatic rings. The minimum absolute atomic E-state index is 0.581. The van der Waals surface area contributed by atoms with Gasteiger partial charge in [0.2, 0.25) is 0 Å². The zero-order valence-electron chi connectivity index (χ0n) is 9.52. The summed E-state index contributed by atoms with van der Waals surface area (Å²) in [5.41, 5.74) is 2.73. The fraction of sp³-hybridized carbons (Fsp3) is 0.538. The Morgan fingerprint density at radius 2 is 2.12 bits per heavy atom. The second kappa shape index (κ2) is 5.99. The van der Waals surface area contributed by atoms with Crippen LogP contribution in [0.15, 0.2) is 24.3 Å². The Hall–Kier alpha value is -0.900. The van der Waals surface area contributed by atoms with E-state index in [0.29, 0.717) is 12.5 Å². The molecule has 88 valence electrons. The normalized spacial score (nSPS) is 17.6. The van der Waals surface area contributed by atoms with Gasteiger partial charge in [-0.25, -0.2) is 5.90 Å². The largest absolute Gasteiger partial charge is 0.381 e. The maximum absolute atomic E-state index is 5.38. The first-order valence-corrected chi connectivity index (χ1v) is 5.88. The fourth-order valence-corrected chi connectivity index (χ4v) is 2.21. The standard InChI is InChI=1S/C13H19NO2/c14-16-9-4-11-2-1-3-13(10-11)12-5-7-15-8-6-12/h1-3,10,12H,4-9,14H2. The van der Waals surface area contributed by atoms with Gasteiger partial charge in [0.1, 0.15) is 0 Å². The monoisotopic (exact) mass is 221 g/mol. The third-order valence-electron chi connectivity index (χ3n) is 3.15. The first-order chi connectivity index (χ1) is 7.90. The van der Waals surface area contributed by atoms with E-state index >= 15 is 0 Å². The first kappa shape index (κ1) is 11.6. The summed E-state index contributed by atoms with van der Waals surface area (Å²) in [6.45, 7) is 2.36. The van der Waals surface area contributed by atoms with Crippen LogP contribution >= 0.6 is 0 Å². The number of hydrogen-bond acceptors (Lipinski definition) is 3. The summed E-state index contributed by atoms with van der Waals surface area (Å²) in [5.74, 6) is 5.70. The highest BCUT2D eigenvalue weighted by Gasteiger charge is 2.15. The van der Waals surface area contributed by atoms with Gasteiger partial charge in [0.25, 0.3) is 0 Å². The third kappa shape index (κ3) is 3.04. The maximum Gasteiger partial charge on any atom is 0.0719 e. The molecule has 1 fully saturated rings. The topological polar surface area (TPSA) is 44.5 Å². The highest BCUT2D eigenvalue weighted by Crippen LogP contribution is 2.27. The molecule has 2 N–H and O–H groups in total. The van der Waals surface area contributed by atoms with Gasteiger partial charge < -0.3 is 9.57 Å². The zero-order valence-corrected chi connectivity index (χ0v) is 9.52. The Morgan fingerprint density at radius 3 is 2.88 bits per heavy atom. The van der Waals surface area contributed by atoms with E-state index in [1.54, 1.807) is 0 Å². The van der Waals surface area contributed by atoms with Crippen molar-refractivity contribution in [3.8, 4) is 0 Å². The molecule has 1 aromatic carbocycles. The Labute approximate surface area is 96.5 Å². The molecule has 16 heavy (non-hydrogen) atoms. The van der Waals surface area contributed by atoms with Gasteiger partial charge >= 0.3 is 0 Å². The van der Waals surface area contributed by atoms with Gasteiger partial charge in [0.15, 0.2) is 0 Å². The van der Waals surface area contributed by atoms with Crippen LogP contribution in [-0.4, -0.2) is 19.8 Å². The molecular formula is C13H19NO2. The summed E-state index contributed by atoms with van der Waals surface area (Å²) in [6, 6.07) is 8.73. The maximum atomic E-state index is 5.38. The van der Waals surface area contributed by atoms with Crippen molar-refractivity contribution < 1.29 is 9.57 Å². The number of nitrogens with two attached hydrogens (primary N) is 1. The van der Waals surface area contributed by atoms with Gasteiger partial charge in [0, 0.05) is 13.2 Å². The average Bonchev–Trinajstić information content (AvgIpc) is 2.38. The van der Waals surface area contributed by atoms with Gasteiger partial charge in [-0.1, -0.05) is 24.3 Å². The number of benzene rings is 1. The lowest BCUT2D eigenvalue weighted by Crippen LogP contribution is -2.14. The van der Waals surface area contributed by atoms with Crippen molar-refractivity contribution >= 4 is 0 Å². The summed E-state index contributed by atoms with van der Waals surface area (Å²) < 4.78 is 5.38. The molecule has 0 amide bonds. The Bertz CT molecular complexity index is 321. The van der Waals surface area contributed by atoms with Crippen molar-refractivity contribution in [3.63, 3.8) is 0 Å². The number of hydrogen-bond donors (Lipinski definition) is 1. The number of ether oxygens (including phenoxy) is 1. The molecule has 0 aromatic heterocycles. The second-order valence-corrected chi connectivity index (χ2v) is 4.25. The van der Waals surface area contributed by atoms with E-state index in [4.69, 9.17) is 10.6 Å². The Morgan fingerprint density at radius 1 is 1.31 bits per heavy atom. The van der Waals surface area contributed by atoms with E-state index in [-0.39, 0.29) is 0 Å². The van der Waals surface area contributed by atoms with Crippen LogP contribution in [0.1, 0.15) is 29.9 Å². The van der Waals surface area contributed by atoms with Gasteiger partial charge in [-0.05, 0) is 36.3 Å². The van der Waals surface area contributed by atoms with Gasteiger partial charge in [-0.2, -0.15) is 0 Å². The molecule has 2 rings (SSSR count). The van der Waals surface area contributed by atoms with Gasteiger partial charge in [-0.3, -0.25) is 0 Å². The molecule has 0 atom stereocenters. The average molecular weight is 221 g/mol. The van der Waals surface area contributed by atoms with Crippen molar-refractivity contribution in [2.75, 3.05) is 19.8 Å². The van der Waals surface area contributed by atoms with Crippen LogP contribution in [0.5, 0.6) is 0 Å². The van der Waals surface area contributed by atoms with Gasteiger partial charge in [-0.15, -0.1) is 0 Å². The predicted octanol–water partition coefficient (Wildman–Crippen LogP) is 2.01. The van der Waals surface area contributed by atoms with Crippen LogP contribution in [0, 0.1) is 0 Å². The summed E-state index contributed by atoms with van der Waals surface area (Å²) in [6.07, 6.45) is 3.15. The molecule has 1 saturated heterocycles. The van der Waals surface area contributed by atoms with Crippen molar-refractivity contribution in [1.29, 1.82) is 0 Å². The van der Waals surface area contributed by atoms with E-state index in [0.717, 1.165) is 32.5 Å². The minimum atomic E-state index is 0.581. The molecule has 3 nitrogen and oxygen atoms in total. The smallest absolute Gasteiger partial charge is 0.0719 e. The summed E-state index contributed by atoms with van der Waals surface area (Å²) in [5, 5.41) is 0. The number of rotatable bonds is 4. The molecule has 0 radical (unpaired) electrons. The molecular weight excluding hydrogens is 202 g/mol. The highest BCUT2D eigenvalue weighted by molar-refractivity contribution is 5.26. The van der Waals surface area contributed by atoms with Crippen LogP contribution in [0.3, 0.4) is 0 Å². The molecule has 1 heterocycles. The first-order valence-electron chi connectivity index (χ1n) is 5.88. The molecule has 1 aromatic rings. The van der Waals surface area contributed by atoms with E-state index in [2.05, 4.69) is 29.1 Å². The van der Waals surface area contributed by atoms with Crippen molar-refractivity contribution in [2.24, 2.45) is 5.90 Å². The molecule has 3 heteroatoms. The molecule has 1 aliphatic heterocycles. The van der Waals surface area contributed by atoms with E-state index < -0.39 is 0 Å². The van der Waals surface area contributed by atoms with E-state index in [9.17, 15) is 0 Å². The van der Waals surface area contributed by atoms with E-state index in [1.165, 1.54) is 11.1 Å². The summed E-state index contributed by atoms with van der Waals surface area (Å²) >= 11 is 0. The summed E-state index contributed by atoms with van der Waals surface area (Å²) in [7, 11) is 0. The van der Waals surface area contributed by atoms with Crippen molar-refractivity contribution in [2.45, 2.75) is 25.2 Å². The lowest BCUT2D eigenvalue weighted by Gasteiger charge is -2.22. The molecule has 0 saturated carbocycles. The fourth-order valence-electron chi connectivity index (χ4n) is 2.21. The predicted molar refractivity (Wildman–Crippen MR) is 63.1 cm³/mol. The highest BCUT2D eigenvalue weighted by atomic mass is 16.6. The SMILES string of the molecule is NOCCc1cccc(C2CCOCC2)c1. The molecule has 0 bridgehead atoms. The zero-order chi connectivity index (χ0) is 11.2. The Kier molecular flexibility index (Phi) is 4.34. The van der Waals surface area contributed by atoms with Crippen molar-refractivity contribution in [1.82, 2.24) is 0 Å². The minimum Gasteiger partial charge on any atom is -0.381 e. The third-order valence-corrected chi connectivity index (χ3v) is 3.15. The van der Waals surface area contributed by atoms with Crippen LogP contribution < -0.4 is 5.90 Å². The second-order valence-electron chi connectivity index (χ2n) is 4.25. The van der Waals surface area contributed by atoms with Gasteiger partial charge in [0.05, 0.1) is 6.61 Å². The quantitative estimate of drug-likeness (QED) is 0.791. The molecule has 0 spiro atoms.